The summed E-state index contributed by atoms with van der Waals surface area (Å²) in [5.74, 6) is -1.98. The van der Waals surface area contributed by atoms with Crippen LogP contribution in [-0.4, -0.2) is 21.2 Å². The van der Waals surface area contributed by atoms with E-state index in [9.17, 15) is 18.0 Å². The standard InChI is InChI=1S/C20H16F3N3O3/c21-16-12(9-27)2-1-3-14(16)19(28)24-15-7-5-10-8-11(4-6-13(10)15)18-25-20(17(22)23)29-26-18/h1-4,6,8,15,17,27H,5,7,9H2,(H,24,28)/t15-/m1/s1. The molecule has 6 nitrogen and oxygen atoms in total. The summed E-state index contributed by atoms with van der Waals surface area (Å²) in [5.41, 5.74) is 2.23. The second kappa shape index (κ2) is 7.67. The summed E-state index contributed by atoms with van der Waals surface area (Å²) in [6.07, 6.45) is -1.58. The summed E-state index contributed by atoms with van der Waals surface area (Å²) in [6, 6.07) is 9.17. The molecule has 4 rings (SSSR count). The van der Waals surface area contributed by atoms with Gasteiger partial charge in [0, 0.05) is 11.1 Å². The van der Waals surface area contributed by atoms with Crippen molar-refractivity contribution in [1.82, 2.24) is 15.5 Å². The van der Waals surface area contributed by atoms with Gasteiger partial charge in [-0.15, -0.1) is 0 Å². The second-order valence-corrected chi connectivity index (χ2v) is 6.67. The van der Waals surface area contributed by atoms with E-state index in [1.807, 2.05) is 0 Å². The molecule has 0 radical (unpaired) electrons. The molecule has 0 saturated carbocycles. The summed E-state index contributed by atoms with van der Waals surface area (Å²) in [5, 5.41) is 15.5. The maximum Gasteiger partial charge on any atom is 0.315 e. The lowest BCUT2D eigenvalue weighted by Gasteiger charge is -2.15. The summed E-state index contributed by atoms with van der Waals surface area (Å²) < 4.78 is 44.1. The van der Waals surface area contributed by atoms with Crippen molar-refractivity contribution < 1.29 is 27.6 Å². The fourth-order valence-corrected chi connectivity index (χ4v) is 3.46. The number of nitrogens with zero attached hydrogens (tertiary/aromatic N) is 2. The van der Waals surface area contributed by atoms with Gasteiger partial charge in [0.1, 0.15) is 5.82 Å². The third-order valence-corrected chi connectivity index (χ3v) is 4.91. The van der Waals surface area contributed by atoms with Crippen molar-refractivity contribution in [2.45, 2.75) is 31.9 Å². The van der Waals surface area contributed by atoms with Crippen LogP contribution in [-0.2, 0) is 13.0 Å². The number of carbonyl (C=O) groups excluding carboxylic acids is 1. The van der Waals surface area contributed by atoms with Gasteiger partial charge >= 0.3 is 6.43 Å². The van der Waals surface area contributed by atoms with E-state index in [0.717, 1.165) is 11.1 Å². The number of fused-ring (bicyclic) bond motifs is 1. The number of hydrogen-bond acceptors (Lipinski definition) is 5. The number of rotatable bonds is 5. The molecule has 0 spiro atoms. The van der Waals surface area contributed by atoms with Gasteiger partial charge in [0.25, 0.3) is 11.8 Å². The van der Waals surface area contributed by atoms with Gasteiger partial charge in [0.2, 0.25) is 5.82 Å². The Morgan fingerprint density at radius 3 is 2.86 bits per heavy atom. The second-order valence-electron chi connectivity index (χ2n) is 6.67. The molecule has 2 N–H and O–H groups in total. The lowest BCUT2D eigenvalue weighted by molar-refractivity contribution is 0.0932. The first-order valence-electron chi connectivity index (χ1n) is 8.92. The van der Waals surface area contributed by atoms with Crippen molar-refractivity contribution in [3.05, 3.63) is 70.4 Å². The zero-order valence-corrected chi connectivity index (χ0v) is 15.0. The molecule has 0 saturated heterocycles. The van der Waals surface area contributed by atoms with E-state index in [2.05, 4.69) is 20.0 Å². The number of carbonyl (C=O) groups is 1. The van der Waals surface area contributed by atoms with Crippen LogP contribution >= 0.6 is 0 Å². The first-order valence-corrected chi connectivity index (χ1v) is 8.92. The van der Waals surface area contributed by atoms with E-state index < -0.39 is 30.6 Å². The molecule has 3 aromatic rings. The third kappa shape index (κ3) is 3.61. The van der Waals surface area contributed by atoms with Gasteiger partial charge in [-0.1, -0.05) is 29.4 Å². The molecule has 1 heterocycles. The third-order valence-electron chi connectivity index (χ3n) is 4.91. The lowest BCUT2D eigenvalue weighted by Crippen LogP contribution is -2.28. The van der Waals surface area contributed by atoms with Crippen LogP contribution in [0.25, 0.3) is 11.4 Å². The minimum Gasteiger partial charge on any atom is -0.392 e. The van der Waals surface area contributed by atoms with Crippen molar-refractivity contribution in [2.75, 3.05) is 0 Å². The molecule has 0 unspecified atom stereocenters. The number of nitrogens with one attached hydrogen (secondary N) is 1. The Morgan fingerprint density at radius 2 is 2.14 bits per heavy atom. The number of aliphatic hydroxyl groups excluding tert-OH is 1. The van der Waals surface area contributed by atoms with Crippen molar-refractivity contribution in [3.63, 3.8) is 0 Å². The molecule has 150 valence electrons. The Bertz CT molecular complexity index is 1070. The zero-order chi connectivity index (χ0) is 20.5. The highest BCUT2D eigenvalue weighted by atomic mass is 19.3. The molecule has 1 aliphatic carbocycles. The average molecular weight is 403 g/mol. The highest BCUT2D eigenvalue weighted by molar-refractivity contribution is 5.95. The Kier molecular flexibility index (Phi) is 5.06. The number of aliphatic hydroxyl groups is 1. The van der Waals surface area contributed by atoms with E-state index in [1.54, 1.807) is 18.2 Å². The van der Waals surface area contributed by atoms with Crippen molar-refractivity contribution in [3.8, 4) is 11.4 Å². The fourth-order valence-electron chi connectivity index (χ4n) is 3.46. The molecule has 2 aromatic carbocycles. The maximum absolute atomic E-state index is 14.3. The summed E-state index contributed by atoms with van der Waals surface area (Å²) in [7, 11) is 0. The van der Waals surface area contributed by atoms with Crippen LogP contribution in [0.5, 0.6) is 0 Å². The SMILES string of the molecule is O=C(N[C@@H]1CCc2cc(-c3noc(C(F)F)n3)ccc21)c1cccc(CO)c1F. The zero-order valence-electron chi connectivity index (χ0n) is 15.0. The summed E-state index contributed by atoms with van der Waals surface area (Å²) >= 11 is 0. The van der Waals surface area contributed by atoms with Crippen LogP contribution in [0.15, 0.2) is 40.9 Å². The maximum atomic E-state index is 14.3. The van der Waals surface area contributed by atoms with Gasteiger partial charge in [0.15, 0.2) is 0 Å². The molecular weight excluding hydrogens is 387 g/mol. The van der Waals surface area contributed by atoms with Crippen LogP contribution in [0.1, 0.15) is 51.8 Å². The average Bonchev–Trinajstić information content (AvgIpc) is 3.35. The number of benzene rings is 2. The van der Waals surface area contributed by atoms with Gasteiger partial charge in [-0.3, -0.25) is 4.79 Å². The smallest absolute Gasteiger partial charge is 0.315 e. The summed E-state index contributed by atoms with van der Waals surface area (Å²) in [4.78, 5) is 16.2. The number of aromatic nitrogens is 2. The predicted molar refractivity (Wildman–Crippen MR) is 95.5 cm³/mol. The number of alkyl halides is 2. The topological polar surface area (TPSA) is 88.3 Å². The van der Waals surface area contributed by atoms with Crippen molar-refractivity contribution in [2.24, 2.45) is 0 Å². The minimum absolute atomic E-state index is 0.0531. The Balaban J connectivity index is 1.54. The van der Waals surface area contributed by atoms with E-state index in [-0.39, 0.29) is 23.0 Å². The predicted octanol–water partition coefficient (Wildman–Crippen LogP) is 3.72. The number of halogens is 3. The molecule has 1 amide bonds. The number of amides is 1. The molecule has 9 heteroatoms. The van der Waals surface area contributed by atoms with Gasteiger partial charge in [0.05, 0.1) is 18.2 Å². The number of hydrogen-bond donors (Lipinski definition) is 2. The van der Waals surface area contributed by atoms with Crippen LogP contribution in [0.4, 0.5) is 13.2 Å². The molecule has 0 bridgehead atoms. The molecule has 1 aliphatic rings. The minimum atomic E-state index is -2.84. The lowest BCUT2D eigenvalue weighted by atomic mass is 10.0. The highest BCUT2D eigenvalue weighted by Gasteiger charge is 2.27. The van der Waals surface area contributed by atoms with Gasteiger partial charge in [-0.25, -0.2) is 4.39 Å². The van der Waals surface area contributed by atoms with Crippen LogP contribution in [0.3, 0.4) is 0 Å². The fraction of sp³-hybridized carbons (Fsp3) is 0.250. The highest BCUT2D eigenvalue weighted by Crippen LogP contribution is 2.34. The largest absolute Gasteiger partial charge is 0.392 e. The van der Waals surface area contributed by atoms with Crippen molar-refractivity contribution >= 4 is 5.91 Å². The van der Waals surface area contributed by atoms with E-state index >= 15 is 0 Å². The first-order chi connectivity index (χ1) is 14.0. The molecule has 0 fully saturated rings. The Morgan fingerprint density at radius 1 is 1.31 bits per heavy atom. The Labute approximate surface area is 163 Å². The first kappa shape index (κ1) is 19.1. The molecule has 1 aromatic heterocycles. The molecular formula is C20H16F3N3O3. The van der Waals surface area contributed by atoms with E-state index in [4.69, 9.17) is 5.11 Å². The van der Waals surface area contributed by atoms with Crippen LogP contribution < -0.4 is 5.32 Å². The van der Waals surface area contributed by atoms with E-state index in [1.165, 1.54) is 18.2 Å². The molecule has 0 aliphatic heterocycles. The van der Waals surface area contributed by atoms with E-state index in [0.29, 0.717) is 18.4 Å². The molecule has 29 heavy (non-hydrogen) atoms. The van der Waals surface area contributed by atoms with Gasteiger partial charge in [-0.05, 0) is 36.1 Å². The van der Waals surface area contributed by atoms with Crippen LogP contribution in [0.2, 0.25) is 0 Å². The molecule has 1 atom stereocenters. The van der Waals surface area contributed by atoms with Crippen molar-refractivity contribution in [1.29, 1.82) is 0 Å². The normalized spacial score (nSPS) is 15.6. The Hall–Kier alpha value is -3.20. The summed E-state index contributed by atoms with van der Waals surface area (Å²) in [6.45, 7) is -0.495. The quantitative estimate of drug-likeness (QED) is 0.678. The van der Waals surface area contributed by atoms with Gasteiger partial charge in [-0.2, -0.15) is 13.8 Å². The van der Waals surface area contributed by atoms with Crippen LogP contribution in [0, 0.1) is 5.82 Å². The van der Waals surface area contributed by atoms with Gasteiger partial charge < -0.3 is 14.9 Å². The monoisotopic (exact) mass is 403 g/mol. The number of aryl methyl sites for hydroxylation is 1.